The van der Waals surface area contributed by atoms with Gasteiger partial charge in [-0.05, 0) is 75.1 Å². The third kappa shape index (κ3) is 4.96. The van der Waals surface area contributed by atoms with Crippen LogP contribution in [0.4, 0.5) is 0 Å². The van der Waals surface area contributed by atoms with Crippen LogP contribution in [0.25, 0.3) is 61.7 Å². The minimum atomic E-state index is -0.510. The average molecular weight is 718 g/mol. The molecule has 1 aromatic heterocycles. The Morgan fingerprint density at radius 3 is 1.70 bits per heavy atom. The molecule has 7 aromatic carbocycles. The molecule has 11 rings (SSSR count). The van der Waals surface area contributed by atoms with Crippen molar-refractivity contribution < 1.29 is 4.74 Å². The maximum atomic E-state index is 6.55. The van der Waals surface area contributed by atoms with Crippen LogP contribution in [0.5, 0.6) is 11.5 Å². The van der Waals surface area contributed by atoms with Gasteiger partial charge in [0.2, 0.25) is 0 Å². The van der Waals surface area contributed by atoms with Crippen molar-refractivity contribution >= 4 is 5.57 Å². The van der Waals surface area contributed by atoms with Crippen molar-refractivity contribution in [3.05, 3.63) is 216 Å². The largest absolute Gasteiger partial charge is 0.457 e. The minimum Gasteiger partial charge on any atom is -0.457 e. The number of hydrogen-bond donors (Lipinski definition) is 0. The SMILES string of the molecule is C1=CCCC(c2nc(-c3ccc(-c4cccc5c4-c4ccccc4C54c5ccccc5Oc5ccccc54)cc3)nc(-c3ccccc3-c3ccccc3)n2)=C1. The Bertz CT molecular complexity index is 2840. The van der Waals surface area contributed by atoms with Crippen molar-refractivity contribution in [1.29, 1.82) is 0 Å². The van der Waals surface area contributed by atoms with Gasteiger partial charge in [-0.1, -0.05) is 176 Å². The van der Waals surface area contributed by atoms with Crippen LogP contribution < -0.4 is 4.74 Å². The van der Waals surface area contributed by atoms with Gasteiger partial charge in [0, 0.05) is 22.3 Å². The first kappa shape index (κ1) is 32.3. The number of nitrogens with zero attached hydrogens (tertiary/aromatic N) is 3. The zero-order valence-corrected chi connectivity index (χ0v) is 30.6. The molecule has 1 spiro atoms. The molecule has 0 bridgehead atoms. The maximum absolute atomic E-state index is 6.55. The summed E-state index contributed by atoms with van der Waals surface area (Å²) in [4.78, 5) is 15.4. The van der Waals surface area contributed by atoms with Crippen LogP contribution in [0.2, 0.25) is 0 Å². The molecule has 0 saturated heterocycles. The van der Waals surface area contributed by atoms with Gasteiger partial charge in [0.1, 0.15) is 11.5 Å². The number of benzene rings is 7. The Morgan fingerprint density at radius 1 is 0.411 bits per heavy atom. The van der Waals surface area contributed by atoms with E-state index in [1.54, 1.807) is 0 Å². The van der Waals surface area contributed by atoms with Gasteiger partial charge < -0.3 is 4.74 Å². The molecular weight excluding hydrogens is 683 g/mol. The second-order valence-electron chi connectivity index (χ2n) is 14.6. The molecule has 56 heavy (non-hydrogen) atoms. The predicted octanol–water partition coefficient (Wildman–Crippen LogP) is 12.7. The van der Waals surface area contributed by atoms with Gasteiger partial charge in [0.05, 0.1) is 5.41 Å². The summed E-state index contributed by atoms with van der Waals surface area (Å²) >= 11 is 0. The van der Waals surface area contributed by atoms with Crippen molar-refractivity contribution in [3.8, 4) is 67.7 Å². The molecule has 0 unspecified atom stereocenters. The Balaban J connectivity index is 1.06. The van der Waals surface area contributed by atoms with Gasteiger partial charge in [0.25, 0.3) is 0 Å². The standard InChI is InChI=1S/C52H35N3O/c1-3-16-34(17-4-1)38-20-7-8-21-40(38)51-54-49(36-18-5-2-6-19-36)53-50(55-51)37-32-30-35(31-33-37)39-23-15-27-45-48(39)41-22-9-10-24-42(41)52(45)43-25-11-13-28-46(43)56-47-29-14-12-26-44(47)52/h1-5,7-18,20-33H,6,19H2. The molecule has 0 N–H and O–H groups in total. The van der Waals surface area contributed by atoms with Crippen molar-refractivity contribution in [1.82, 2.24) is 15.0 Å². The molecule has 4 nitrogen and oxygen atoms in total. The van der Waals surface area contributed by atoms with Crippen LogP contribution in [-0.2, 0) is 5.41 Å². The van der Waals surface area contributed by atoms with Gasteiger partial charge in [-0.2, -0.15) is 0 Å². The summed E-state index contributed by atoms with van der Waals surface area (Å²) in [6.45, 7) is 0. The van der Waals surface area contributed by atoms with Crippen LogP contribution in [0.15, 0.2) is 188 Å². The highest BCUT2D eigenvalue weighted by Crippen LogP contribution is 2.63. The van der Waals surface area contributed by atoms with E-state index >= 15 is 0 Å². The number of allylic oxidation sites excluding steroid dienone is 4. The highest BCUT2D eigenvalue weighted by molar-refractivity contribution is 5.96. The Labute approximate surface area is 326 Å². The first-order valence-corrected chi connectivity index (χ1v) is 19.3. The Kier molecular flexibility index (Phi) is 7.49. The molecular formula is C52H35N3O. The highest BCUT2D eigenvalue weighted by atomic mass is 16.5. The molecule has 0 saturated carbocycles. The molecule has 8 aromatic rings. The fraction of sp³-hybridized carbons (Fsp3) is 0.0577. The topological polar surface area (TPSA) is 47.9 Å². The lowest BCUT2D eigenvalue weighted by Gasteiger charge is -2.39. The number of para-hydroxylation sites is 2. The molecule has 0 amide bonds. The minimum absolute atomic E-state index is 0.510. The van der Waals surface area contributed by atoms with Crippen LogP contribution in [0.3, 0.4) is 0 Å². The molecule has 1 aliphatic heterocycles. The summed E-state index contributed by atoms with van der Waals surface area (Å²) < 4.78 is 6.55. The van der Waals surface area contributed by atoms with Gasteiger partial charge in [-0.15, -0.1) is 0 Å². The summed E-state index contributed by atoms with van der Waals surface area (Å²) in [7, 11) is 0. The monoisotopic (exact) mass is 717 g/mol. The molecule has 2 aliphatic carbocycles. The predicted molar refractivity (Wildman–Crippen MR) is 225 cm³/mol. The van der Waals surface area contributed by atoms with E-state index in [1.165, 1.54) is 27.8 Å². The number of rotatable bonds is 5. The van der Waals surface area contributed by atoms with Crippen molar-refractivity contribution in [2.45, 2.75) is 18.3 Å². The number of hydrogen-bond acceptors (Lipinski definition) is 4. The van der Waals surface area contributed by atoms with E-state index in [1.807, 2.05) is 6.07 Å². The number of fused-ring (bicyclic) bond motifs is 9. The molecule has 4 heteroatoms. The van der Waals surface area contributed by atoms with Crippen LogP contribution in [-0.4, -0.2) is 15.0 Å². The fourth-order valence-corrected chi connectivity index (χ4v) is 9.05. The summed E-state index contributed by atoms with van der Waals surface area (Å²) in [5.41, 5.74) is 14.4. The van der Waals surface area contributed by atoms with Gasteiger partial charge in [0.15, 0.2) is 17.5 Å². The summed E-state index contributed by atoms with van der Waals surface area (Å²) in [6.07, 6.45) is 8.28. The average Bonchev–Trinajstić information content (AvgIpc) is 3.58. The van der Waals surface area contributed by atoms with Gasteiger partial charge in [-0.3, -0.25) is 0 Å². The van der Waals surface area contributed by atoms with E-state index < -0.39 is 5.41 Å². The third-order valence-electron chi connectivity index (χ3n) is 11.5. The van der Waals surface area contributed by atoms with Crippen LogP contribution >= 0.6 is 0 Å². The fourth-order valence-electron chi connectivity index (χ4n) is 9.05. The lowest BCUT2D eigenvalue weighted by atomic mass is 9.66. The van der Waals surface area contributed by atoms with Crippen molar-refractivity contribution in [2.24, 2.45) is 0 Å². The molecule has 2 heterocycles. The first-order valence-electron chi connectivity index (χ1n) is 19.3. The Hall–Kier alpha value is -7.17. The van der Waals surface area contributed by atoms with E-state index in [2.05, 4.69) is 182 Å². The molecule has 264 valence electrons. The summed E-state index contributed by atoms with van der Waals surface area (Å²) in [5.74, 6) is 3.84. The summed E-state index contributed by atoms with van der Waals surface area (Å²) in [5, 5.41) is 0. The lowest BCUT2D eigenvalue weighted by molar-refractivity contribution is 0.436. The first-order chi connectivity index (χ1) is 27.8. The number of ether oxygens (including phenoxy) is 1. The smallest absolute Gasteiger partial charge is 0.164 e. The zero-order valence-electron chi connectivity index (χ0n) is 30.6. The van der Waals surface area contributed by atoms with Crippen LogP contribution in [0.1, 0.15) is 40.9 Å². The quantitative estimate of drug-likeness (QED) is 0.178. The summed E-state index contributed by atoms with van der Waals surface area (Å²) in [6, 6.07) is 60.3. The van der Waals surface area contributed by atoms with Crippen LogP contribution in [0, 0.1) is 0 Å². The maximum Gasteiger partial charge on any atom is 0.164 e. The van der Waals surface area contributed by atoms with E-state index in [0.717, 1.165) is 74.7 Å². The molecule has 3 aliphatic rings. The normalized spacial score (nSPS) is 14.2. The van der Waals surface area contributed by atoms with Crippen molar-refractivity contribution in [2.75, 3.05) is 0 Å². The zero-order chi connectivity index (χ0) is 37.1. The number of aromatic nitrogens is 3. The lowest BCUT2D eigenvalue weighted by Crippen LogP contribution is -2.32. The third-order valence-corrected chi connectivity index (χ3v) is 11.5. The second-order valence-corrected chi connectivity index (χ2v) is 14.6. The highest BCUT2D eigenvalue weighted by Gasteiger charge is 2.51. The van der Waals surface area contributed by atoms with E-state index in [4.69, 9.17) is 19.7 Å². The molecule has 0 atom stereocenters. The van der Waals surface area contributed by atoms with E-state index in [0.29, 0.717) is 11.6 Å². The van der Waals surface area contributed by atoms with Crippen molar-refractivity contribution in [3.63, 3.8) is 0 Å². The van der Waals surface area contributed by atoms with E-state index in [9.17, 15) is 0 Å². The Morgan fingerprint density at radius 2 is 0.964 bits per heavy atom. The molecule has 0 fully saturated rings. The van der Waals surface area contributed by atoms with Gasteiger partial charge in [-0.25, -0.2) is 15.0 Å². The van der Waals surface area contributed by atoms with Gasteiger partial charge >= 0.3 is 0 Å². The van der Waals surface area contributed by atoms with E-state index in [-0.39, 0.29) is 0 Å². The molecule has 0 radical (unpaired) electrons. The second kappa shape index (κ2) is 13.0.